The summed E-state index contributed by atoms with van der Waals surface area (Å²) < 4.78 is 5.37. The highest BCUT2D eigenvalue weighted by molar-refractivity contribution is 7.80. The first kappa shape index (κ1) is 16.8. The summed E-state index contributed by atoms with van der Waals surface area (Å²) in [5.41, 5.74) is 0.898. The Morgan fingerprint density at radius 3 is 2.73 bits per heavy atom. The summed E-state index contributed by atoms with van der Waals surface area (Å²) in [4.78, 5) is 11.9. The number of benzene rings is 1. The molecule has 0 saturated carbocycles. The minimum atomic E-state index is -0.685. The molecule has 1 saturated heterocycles. The van der Waals surface area contributed by atoms with Crippen LogP contribution in [-0.4, -0.2) is 52.7 Å². The Hall–Kier alpha value is -1.54. The molecule has 6 nitrogen and oxygen atoms in total. The molecule has 1 heterocycles. The van der Waals surface area contributed by atoms with Gasteiger partial charge in [0.2, 0.25) is 5.91 Å². The number of aliphatic hydroxyl groups excluding tert-OH is 2. The van der Waals surface area contributed by atoms with Crippen LogP contribution in [-0.2, 0) is 16.0 Å². The van der Waals surface area contributed by atoms with Crippen molar-refractivity contribution in [3.8, 4) is 0 Å². The molecular formula is C15H20N2O4S. The van der Waals surface area contributed by atoms with E-state index in [9.17, 15) is 9.90 Å². The van der Waals surface area contributed by atoms with E-state index in [-0.39, 0.29) is 36.8 Å². The summed E-state index contributed by atoms with van der Waals surface area (Å²) >= 11 is 5.08. The van der Waals surface area contributed by atoms with E-state index in [1.807, 2.05) is 30.3 Å². The summed E-state index contributed by atoms with van der Waals surface area (Å²) in [6, 6.07) is 8.96. The lowest BCUT2D eigenvalue weighted by molar-refractivity contribution is -0.119. The van der Waals surface area contributed by atoms with Gasteiger partial charge in [-0.05, 0) is 17.8 Å². The summed E-state index contributed by atoms with van der Waals surface area (Å²) in [6.07, 6.45) is -0.475. The van der Waals surface area contributed by atoms with Crippen molar-refractivity contribution in [2.24, 2.45) is 0 Å². The summed E-state index contributed by atoms with van der Waals surface area (Å²) in [5, 5.41) is 24.6. The number of amides is 1. The summed E-state index contributed by atoms with van der Waals surface area (Å²) in [6.45, 7) is 0.100. The predicted molar refractivity (Wildman–Crippen MR) is 85.3 cm³/mol. The van der Waals surface area contributed by atoms with Crippen LogP contribution in [0.1, 0.15) is 12.0 Å². The number of rotatable bonds is 4. The van der Waals surface area contributed by atoms with Gasteiger partial charge in [-0.15, -0.1) is 0 Å². The number of thiocarbonyl (C=S) groups is 1. The second-order valence-electron chi connectivity index (χ2n) is 5.23. The Balaban J connectivity index is 1.77. The SMILES string of the molecule is O=C(Cc1ccccc1)NC(=S)NC1COC(CO)CC1O. The van der Waals surface area contributed by atoms with E-state index >= 15 is 0 Å². The molecule has 0 bridgehead atoms. The van der Waals surface area contributed by atoms with Gasteiger partial charge in [0.15, 0.2) is 5.11 Å². The molecular weight excluding hydrogens is 304 g/mol. The summed E-state index contributed by atoms with van der Waals surface area (Å²) in [5.74, 6) is -0.219. The van der Waals surface area contributed by atoms with Crippen LogP contribution >= 0.6 is 12.2 Å². The number of carbonyl (C=O) groups is 1. The number of aliphatic hydroxyl groups is 2. The molecule has 0 radical (unpaired) electrons. The fraction of sp³-hybridized carbons (Fsp3) is 0.467. The monoisotopic (exact) mass is 324 g/mol. The average molecular weight is 324 g/mol. The smallest absolute Gasteiger partial charge is 0.230 e. The van der Waals surface area contributed by atoms with Crippen molar-refractivity contribution in [2.45, 2.75) is 31.1 Å². The van der Waals surface area contributed by atoms with Gasteiger partial charge in [0.05, 0.1) is 37.9 Å². The third-order valence-electron chi connectivity index (χ3n) is 3.46. The summed E-state index contributed by atoms with van der Waals surface area (Å²) in [7, 11) is 0. The van der Waals surface area contributed by atoms with Crippen molar-refractivity contribution in [3.05, 3.63) is 35.9 Å². The number of ether oxygens (including phenoxy) is 1. The Morgan fingerprint density at radius 1 is 1.36 bits per heavy atom. The van der Waals surface area contributed by atoms with E-state index in [2.05, 4.69) is 10.6 Å². The van der Waals surface area contributed by atoms with E-state index in [1.54, 1.807) is 0 Å². The molecule has 3 atom stereocenters. The molecule has 0 aliphatic carbocycles. The largest absolute Gasteiger partial charge is 0.394 e. The molecule has 22 heavy (non-hydrogen) atoms. The van der Waals surface area contributed by atoms with Crippen LogP contribution in [0.3, 0.4) is 0 Å². The molecule has 7 heteroatoms. The van der Waals surface area contributed by atoms with Crippen molar-refractivity contribution >= 4 is 23.2 Å². The van der Waals surface area contributed by atoms with Crippen molar-refractivity contribution in [1.29, 1.82) is 0 Å². The molecule has 0 aromatic heterocycles. The highest BCUT2D eigenvalue weighted by Crippen LogP contribution is 2.14. The third-order valence-corrected chi connectivity index (χ3v) is 3.68. The van der Waals surface area contributed by atoms with Gasteiger partial charge in [0, 0.05) is 6.42 Å². The molecule has 0 spiro atoms. The van der Waals surface area contributed by atoms with E-state index < -0.39 is 12.1 Å². The maximum Gasteiger partial charge on any atom is 0.230 e. The van der Waals surface area contributed by atoms with Crippen LogP contribution < -0.4 is 10.6 Å². The van der Waals surface area contributed by atoms with Crippen molar-refractivity contribution in [1.82, 2.24) is 10.6 Å². The third kappa shape index (κ3) is 5.03. The fourth-order valence-corrected chi connectivity index (χ4v) is 2.54. The molecule has 1 aromatic carbocycles. The Morgan fingerprint density at radius 2 is 2.09 bits per heavy atom. The quantitative estimate of drug-likeness (QED) is 0.570. The van der Waals surface area contributed by atoms with Crippen molar-refractivity contribution in [2.75, 3.05) is 13.2 Å². The fourth-order valence-electron chi connectivity index (χ4n) is 2.27. The van der Waals surface area contributed by atoms with Crippen LogP contribution in [0.15, 0.2) is 30.3 Å². The number of hydrogen-bond acceptors (Lipinski definition) is 5. The molecule has 1 amide bonds. The maximum absolute atomic E-state index is 11.9. The lowest BCUT2D eigenvalue weighted by atomic mass is 10.0. The number of nitrogens with one attached hydrogen (secondary N) is 2. The van der Waals surface area contributed by atoms with E-state index in [0.29, 0.717) is 6.42 Å². The zero-order chi connectivity index (χ0) is 15.9. The zero-order valence-corrected chi connectivity index (χ0v) is 12.9. The van der Waals surface area contributed by atoms with Gasteiger partial charge in [0.1, 0.15) is 0 Å². The molecule has 120 valence electrons. The molecule has 2 rings (SSSR count). The Labute approximate surface area is 134 Å². The lowest BCUT2D eigenvalue weighted by Gasteiger charge is -2.33. The van der Waals surface area contributed by atoms with Crippen LogP contribution in [0.4, 0.5) is 0 Å². The second kappa shape index (κ2) is 8.19. The van der Waals surface area contributed by atoms with Gasteiger partial charge in [-0.1, -0.05) is 30.3 Å². The Bertz CT molecular complexity index is 512. The van der Waals surface area contributed by atoms with Gasteiger partial charge < -0.3 is 25.6 Å². The normalized spacial score (nSPS) is 24.5. The van der Waals surface area contributed by atoms with Gasteiger partial charge in [0.25, 0.3) is 0 Å². The molecule has 1 aliphatic rings. The number of hydrogen-bond donors (Lipinski definition) is 4. The van der Waals surface area contributed by atoms with Crippen molar-refractivity contribution in [3.63, 3.8) is 0 Å². The van der Waals surface area contributed by atoms with Crippen LogP contribution in [0.2, 0.25) is 0 Å². The van der Waals surface area contributed by atoms with Gasteiger partial charge in [-0.2, -0.15) is 0 Å². The standard InChI is InChI=1S/C15H20N2O4S/c18-8-11-7-13(19)12(9-21-11)16-15(22)17-14(20)6-10-4-2-1-3-5-10/h1-5,11-13,18-19H,6-9H2,(H2,16,17,20,22). The minimum Gasteiger partial charge on any atom is -0.394 e. The molecule has 3 unspecified atom stereocenters. The van der Waals surface area contributed by atoms with E-state index in [0.717, 1.165) is 5.56 Å². The predicted octanol–water partition coefficient (Wildman–Crippen LogP) is -0.270. The average Bonchev–Trinajstić information content (AvgIpc) is 2.50. The second-order valence-corrected chi connectivity index (χ2v) is 5.64. The van der Waals surface area contributed by atoms with Gasteiger partial charge >= 0.3 is 0 Å². The van der Waals surface area contributed by atoms with Gasteiger partial charge in [-0.3, -0.25) is 4.79 Å². The maximum atomic E-state index is 11.9. The molecule has 4 N–H and O–H groups in total. The minimum absolute atomic E-state index is 0.123. The van der Waals surface area contributed by atoms with E-state index in [4.69, 9.17) is 22.1 Å². The molecule has 1 fully saturated rings. The van der Waals surface area contributed by atoms with Crippen LogP contribution in [0.5, 0.6) is 0 Å². The molecule has 1 aliphatic heterocycles. The van der Waals surface area contributed by atoms with Crippen molar-refractivity contribution < 1.29 is 19.7 Å². The topological polar surface area (TPSA) is 90.8 Å². The highest BCUT2D eigenvalue weighted by Gasteiger charge is 2.30. The van der Waals surface area contributed by atoms with Gasteiger partial charge in [-0.25, -0.2) is 0 Å². The van der Waals surface area contributed by atoms with Crippen LogP contribution in [0, 0.1) is 0 Å². The first-order valence-corrected chi connectivity index (χ1v) is 7.54. The zero-order valence-electron chi connectivity index (χ0n) is 12.1. The lowest BCUT2D eigenvalue weighted by Crippen LogP contribution is -2.55. The number of carbonyl (C=O) groups excluding carboxylic acids is 1. The highest BCUT2D eigenvalue weighted by atomic mass is 32.1. The van der Waals surface area contributed by atoms with Crippen LogP contribution in [0.25, 0.3) is 0 Å². The first-order valence-electron chi connectivity index (χ1n) is 7.13. The first-order chi connectivity index (χ1) is 10.6. The van der Waals surface area contributed by atoms with E-state index in [1.165, 1.54) is 0 Å². The Kier molecular flexibility index (Phi) is 6.26. The molecule has 1 aromatic rings.